The van der Waals surface area contributed by atoms with Crippen LogP contribution in [0.25, 0.3) is 0 Å². The smallest absolute Gasteiger partial charge is 0.306 e. The van der Waals surface area contributed by atoms with Crippen molar-refractivity contribution in [3.63, 3.8) is 0 Å². The molecule has 1 unspecified atom stereocenters. The lowest BCUT2D eigenvalue weighted by atomic mass is 10.0. The van der Waals surface area contributed by atoms with Crippen molar-refractivity contribution in [3.05, 3.63) is 60.8 Å². The average Bonchev–Trinajstić information content (AvgIpc) is 3.29. The van der Waals surface area contributed by atoms with Crippen molar-refractivity contribution < 1.29 is 28.6 Å². The Hall–Kier alpha value is -2.89. The third kappa shape index (κ3) is 50.1. The standard InChI is InChI=1S/C58H102O6/c1-4-7-10-13-16-18-20-22-24-25-26-27-28-29-30-31-32-33-35-36-38-40-42-45-48-51-57(60)63-54-55(53-62-56(59)50-47-44-15-12-9-6-3)64-58(61)52-49-46-43-41-39-37-34-23-21-19-17-14-11-8-5-2/h8,11,17,19,23,25-26,34,39,41,55H,4-7,9-10,12-16,18,20-22,24,27-33,35-38,40,42-54H2,1-3H3/b11-8-,19-17-,26-25-,34-23-,41-39-. The van der Waals surface area contributed by atoms with Crippen molar-refractivity contribution >= 4 is 17.9 Å². The lowest BCUT2D eigenvalue weighted by Crippen LogP contribution is -2.30. The summed E-state index contributed by atoms with van der Waals surface area (Å²) in [7, 11) is 0. The second kappa shape index (κ2) is 52.7. The van der Waals surface area contributed by atoms with E-state index in [9.17, 15) is 14.4 Å². The molecule has 0 aromatic rings. The lowest BCUT2D eigenvalue weighted by molar-refractivity contribution is -0.167. The van der Waals surface area contributed by atoms with Crippen LogP contribution in [-0.4, -0.2) is 37.2 Å². The number of unbranched alkanes of at least 4 members (excludes halogenated alkanes) is 28. The summed E-state index contributed by atoms with van der Waals surface area (Å²) in [5.74, 6) is -0.937. The first-order valence-corrected chi connectivity index (χ1v) is 27.3. The van der Waals surface area contributed by atoms with E-state index in [-0.39, 0.29) is 37.5 Å². The molecule has 0 fully saturated rings. The predicted molar refractivity (Wildman–Crippen MR) is 275 cm³/mol. The number of hydrogen-bond donors (Lipinski definition) is 0. The highest BCUT2D eigenvalue weighted by Gasteiger charge is 2.19. The summed E-state index contributed by atoms with van der Waals surface area (Å²) in [6, 6.07) is 0. The molecule has 0 aliphatic carbocycles. The minimum Gasteiger partial charge on any atom is -0.462 e. The fraction of sp³-hybridized carbons (Fsp3) is 0.776. The molecule has 0 spiro atoms. The monoisotopic (exact) mass is 895 g/mol. The SMILES string of the molecule is CC/C=C\C/C=C\C/C=C\C/C=C\CCCCC(=O)OC(COC(=O)CCCCCCCC)COC(=O)CCCCCCCCCCCCCCC/C=C\CCCCCCCCCC. The molecule has 0 saturated carbocycles. The summed E-state index contributed by atoms with van der Waals surface area (Å²) in [5, 5.41) is 0. The molecule has 370 valence electrons. The molecular weight excluding hydrogens is 793 g/mol. The van der Waals surface area contributed by atoms with Crippen LogP contribution in [0.15, 0.2) is 60.8 Å². The van der Waals surface area contributed by atoms with Gasteiger partial charge in [0.1, 0.15) is 13.2 Å². The topological polar surface area (TPSA) is 78.9 Å². The van der Waals surface area contributed by atoms with Gasteiger partial charge in [0.25, 0.3) is 0 Å². The number of rotatable bonds is 49. The van der Waals surface area contributed by atoms with Gasteiger partial charge in [-0.3, -0.25) is 14.4 Å². The zero-order chi connectivity index (χ0) is 46.5. The van der Waals surface area contributed by atoms with Gasteiger partial charge < -0.3 is 14.2 Å². The Morgan fingerprint density at radius 3 is 1.00 bits per heavy atom. The number of carbonyl (C=O) groups excluding carboxylic acids is 3. The van der Waals surface area contributed by atoms with E-state index in [0.717, 1.165) is 77.0 Å². The maximum absolute atomic E-state index is 12.7. The van der Waals surface area contributed by atoms with Crippen LogP contribution in [0, 0.1) is 0 Å². The van der Waals surface area contributed by atoms with Gasteiger partial charge in [-0.15, -0.1) is 0 Å². The van der Waals surface area contributed by atoms with Crippen LogP contribution in [0.5, 0.6) is 0 Å². The third-order valence-corrected chi connectivity index (χ3v) is 11.8. The van der Waals surface area contributed by atoms with E-state index in [1.807, 2.05) is 0 Å². The van der Waals surface area contributed by atoms with Crippen molar-refractivity contribution in [1.29, 1.82) is 0 Å². The maximum atomic E-state index is 12.7. The molecule has 0 saturated heterocycles. The van der Waals surface area contributed by atoms with E-state index >= 15 is 0 Å². The van der Waals surface area contributed by atoms with E-state index in [1.54, 1.807) is 0 Å². The molecular formula is C58H102O6. The Balaban J connectivity index is 4.13. The van der Waals surface area contributed by atoms with Crippen LogP contribution >= 0.6 is 0 Å². The number of allylic oxidation sites excluding steroid dienone is 10. The van der Waals surface area contributed by atoms with Crippen molar-refractivity contribution in [2.75, 3.05) is 13.2 Å². The fourth-order valence-corrected chi connectivity index (χ4v) is 7.66. The number of hydrogen-bond acceptors (Lipinski definition) is 6. The van der Waals surface area contributed by atoms with Crippen molar-refractivity contribution in [2.45, 2.75) is 277 Å². The van der Waals surface area contributed by atoms with Gasteiger partial charge >= 0.3 is 17.9 Å². The third-order valence-electron chi connectivity index (χ3n) is 11.8. The Morgan fingerprint density at radius 2 is 0.609 bits per heavy atom. The van der Waals surface area contributed by atoms with Crippen LogP contribution in [0.4, 0.5) is 0 Å². The first-order valence-electron chi connectivity index (χ1n) is 27.3. The van der Waals surface area contributed by atoms with Crippen LogP contribution in [0.2, 0.25) is 0 Å². The minimum absolute atomic E-state index is 0.0897. The lowest BCUT2D eigenvalue weighted by Gasteiger charge is -2.18. The molecule has 0 N–H and O–H groups in total. The molecule has 0 aromatic heterocycles. The van der Waals surface area contributed by atoms with Crippen molar-refractivity contribution in [2.24, 2.45) is 0 Å². The Morgan fingerprint density at radius 1 is 0.328 bits per heavy atom. The van der Waals surface area contributed by atoms with Crippen LogP contribution in [0.1, 0.15) is 271 Å². The molecule has 0 aliphatic heterocycles. The summed E-state index contributed by atoms with van der Waals surface area (Å²) in [4.78, 5) is 37.7. The van der Waals surface area contributed by atoms with Crippen molar-refractivity contribution in [1.82, 2.24) is 0 Å². The summed E-state index contributed by atoms with van der Waals surface area (Å²) in [6.07, 6.45) is 65.4. The largest absolute Gasteiger partial charge is 0.462 e. The molecule has 0 heterocycles. The summed E-state index contributed by atoms with van der Waals surface area (Å²) >= 11 is 0. The predicted octanol–water partition coefficient (Wildman–Crippen LogP) is 18.0. The van der Waals surface area contributed by atoms with E-state index < -0.39 is 6.10 Å². The first kappa shape index (κ1) is 61.1. The number of ether oxygens (including phenoxy) is 3. The van der Waals surface area contributed by atoms with Gasteiger partial charge in [0, 0.05) is 19.3 Å². The van der Waals surface area contributed by atoms with Gasteiger partial charge in [0.05, 0.1) is 0 Å². The highest BCUT2D eigenvalue weighted by Crippen LogP contribution is 2.15. The maximum Gasteiger partial charge on any atom is 0.306 e. The first-order chi connectivity index (χ1) is 31.5. The van der Waals surface area contributed by atoms with Gasteiger partial charge in [-0.1, -0.05) is 229 Å². The van der Waals surface area contributed by atoms with Gasteiger partial charge in [-0.25, -0.2) is 0 Å². The van der Waals surface area contributed by atoms with E-state index in [1.165, 1.54) is 148 Å². The van der Waals surface area contributed by atoms with Gasteiger partial charge in [0.15, 0.2) is 6.10 Å². The van der Waals surface area contributed by atoms with Gasteiger partial charge in [-0.05, 0) is 83.5 Å². The molecule has 1 atom stereocenters. The van der Waals surface area contributed by atoms with E-state index in [2.05, 4.69) is 81.5 Å². The molecule has 6 heteroatoms. The van der Waals surface area contributed by atoms with Gasteiger partial charge in [-0.2, -0.15) is 0 Å². The number of esters is 3. The average molecular weight is 895 g/mol. The molecule has 0 aliphatic rings. The summed E-state index contributed by atoms with van der Waals surface area (Å²) in [6.45, 7) is 6.44. The van der Waals surface area contributed by atoms with Crippen LogP contribution in [0.3, 0.4) is 0 Å². The summed E-state index contributed by atoms with van der Waals surface area (Å²) < 4.78 is 16.7. The molecule has 0 aromatic carbocycles. The molecule has 0 radical (unpaired) electrons. The fourth-order valence-electron chi connectivity index (χ4n) is 7.66. The van der Waals surface area contributed by atoms with Crippen LogP contribution < -0.4 is 0 Å². The zero-order valence-corrected chi connectivity index (χ0v) is 42.3. The molecule has 6 nitrogen and oxygen atoms in total. The second-order valence-electron chi connectivity index (χ2n) is 18.1. The zero-order valence-electron chi connectivity index (χ0n) is 42.3. The Kier molecular flexibility index (Phi) is 50.4. The van der Waals surface area contributed by atoms with Crippen molar-refractivity contribution in [3.8, 4) is 0 Å². The molecule has 0 amide bonds. The molecule has 0 bridgehead atoms. The minimum atomic E-state index is -0.791. The summed E-state index contributed by atoms with van der Waals surface area (Å²) in [5.41, 5.74) is 0. The highest BCUT2D eigenvalue weighted by atomic mass is 16.6. The molecule has 64 heavy (non-hydrogen) atoms. The van der Waals surface area contributed by atoms with E-state index in [0.29, 0.717) is 19.3 Å². The van der Waals surface area contributed by atoms with Crippen LogP contribution in [-0.2, 0) is 28.6 Å². The quantitative estimate of drug-likeness (QED) is 0.0262. The Bertz CT molecular complexity index is 1170. The van der Waals surface area contributed by atoms with Gasteiger partial charge in [0.2, 0.25) is 0 Å². The second-order valence-corrected chi connectivity index (χ2v) is 18.1. The number of carbonyl (C=O) groups is 3. The highest BCUT2D eigenvalue weighted by molar-refractivity contribution is 5.71. The molecule has 0 rings (SSSR count). The van der Waals surface area contributed by atoms with E-state index in [4.69, 9.17) is 14.2 Å². The normalized spacial score (nSPS) is 12.5. The Labute approximate surface area is 396 Å².